The predicted octanol–water partition coefficient (Wildman–Crippen LogP) is 6.42. The highest BCUT2D eigenvalue weighted by molar-refractivity contribution is 6.31. The largest absolute Gasteiger partial charge is 0.573 e. The summed E-state index contributed by atoms with van der Waals surface area (Å²) >= 11 is 6.04. The Kier molecular flexibility index (Phi) is 9.55. The van der Waals surface area contributed by atoms with Crippen molar-refractivity contribution in [3.63, 3.8) is 0 Å². The number of aromatic nitrogens is 1. The third kappa shape index (κ3) is 9.40. The molecule has 38 heavy (non-hydrogen) atoms. The van der Waals surface area contributed by atoms with Crippen LogP contribution >= 0.6 is 11.6 Å². The van der Waals surface area contributed by atoms with Crippen molar-refractivity contribution in [2.75, 3.05) is 29.1 Å². The van der Waals surface area contributed by atoms with Gasteiger partial charge in [-0.25, -0.2) is 14.4 Å². The van der Waals surface area contributed by atoms with Crippen molar-refractivity contribution in [3.05, 3.63) is 77.2 Å². The fraction of sp³-hybridized carbons (Fsp3) is 0.167. The molecule has 0 aliphatic carbocycles. The van der Waals surface area contributed by atoms with Gasteiger partial charge in [0.05, 0.1) is 18.9 Å². The van der Waals surface area contributed by atoms with Gasteiger partial charge in [-0.1, -0.05) is 17.7 Å². The number of anilines is 3. The highest BCUT2D eigenvalue weighted by Gasteiger charge is 2.30. The molecule has 0 saturated heterocycles. The first-order chi connectivity index (χ1) is 18.1. The molecule has 0 fully saturated rings. The normalized spacial score (nSPS) is 10.6. The van der Waals surface area contributed by atoms with Gasteiger partial charge in [0.2, 0.25) is 5.69 Å². The summed E-state index contributed by atoms with van der Waals surface area (Å²) in [5, 5.41) is 10.6. The first kappa shape index (κ1) is 27.9. The summed E-state index contributed by atoms with van der Waals surface area (Å²) in [6.45, 7) is 7.34. The van der Waals surface area contributed by atoms with Crippen molar-refractivity contribution in [3.8, 4) is 11.5 Å². The van der Waals surface area contributed by atoms with Crippen molar-refractivity contribution in [1.29, 1.82) is 0 Å². The molecule has 0 aliphatic heterocycles. The van der Waals surface area contributed by atoms with Gasteiger partial charge in [0.1, 0.15) is 17.3 Å². The summed E-state index contributed by atoms with van der Waals surface area (Å²) in [5.41, 5.74) is 0.916. The highest BCUT2D eigenvalue weighted by Crippen LogP contribution is 2.28. The number of carbonyl (C=O) groups excluding carboxylic acids is 2. The Balaban J connectivity index is 1.42. The lowest BCUT2D eigenvalue weighted by Crippen LogP contribution is -2.30. The molecule has 0 aliphatic rings. The van der Waals surface area contributed by atoms with E-state index in [-0.39, 0.29) is 24.7 Å². The second-order valence-electron chi connectivity index (χ2n) is 7.39. The molecule has 1 aromatic heterocycles. The smallest absolute Gasteiger partial charge is 0.491 e. The molecule has 0 atom stereocenters. The number of urea groups is 2. The van der Waals surface area contributed by atoms with E-state index in [0.717, 1.165) is 12.1 Å². The number of pyridine rings is 1. The minimum atomic E-state index is -4.80. The van der Waals surface area contributed by atoms with E-state index in [0.29, 0.717) is 28.6 Å². The lowest BCUT2D eigenvalue weighted by molar-refractivity contribution is -0.274. The molecular formula is C24H20ClF3N6O4. The van der Waals surface area contributed by atoms with Crippen molar-refractivity contribution >= 4 is 46.5 Å². The van der Waals surface area contributed by atoms with Crippen LogP contribution in [0.15, 0.2) is 60.8 Å². The average molecular weight is 549 g/mol. The van der Waals surface area contributed by atoms with Crippen LogP contribution in [-0.2, 0) is 0 Å². The van der Waals surface area contributed by atoms with Crippen LogP contribution in [0.2, 0.25) is 5.02 Å². The quantitative estimate of drug-likeness (QED) is 0.182. The fourth-order valence-electron chi connectivity index (χ4n) is 2.89. The van der Waals surface area contributed by atoms with Gasteiger partial charge in [-0.3, -0.25) is 10.3 Å². The van der Waals surface area contributed by atoms with Gasteiger partial charge < -0.3 is 25.4 Å². The van der Waals surface area contributed by atoms with Crippen molar-refractivity contribution < 1.29 is 32.2 Å². The summed E-state index contributed by atoms with van der Waals surface area (Å²) in [5.74, 6) is 0.182. The molecular weight excluding hydrogens is 529 g/mol. The van der Waals surface area contributed by atoms with Gasteiger partial charge >= 0.3 is 18.4 Å². The van der Waals surface area contributed by atoms with Crippen LogP contribution in [0.4, 0.5) is 45.6 Å². The molecule has 10 nitrogen and oxygen atoms in total. The van der Waals surface area contributed by atoms with E-state index in [1.54, 1.807) is 12.1 Å². The molecule has 3 aromatic rings. The maximum Gasteiger partial charge on any atom is 0.573 e. The number of alkyl halides is 3. The summed E-state index contributed by atoms with van der Waals surface area (Å²) in [7, 11) is 0. The van der Waals surface area contributed by atoms with Crippen LogP contribution < -0.4 is 30.7 Å². The van der Waals surface area contributed by atoms with Crippen molar-refractivity contribution in [2.45, 2.75) is 12.8 Å². The topological polar surface area (TPSA) is 118 Å². The monoisotopic (exact) mass is 548 g/mol. The van der Waals surface area contributed by atoms with Gasteiger partial charge in [-0.15, -0.1) is 13.2 Å². The lowest BCUT2D eigenvalue weighted by Gasteiger charge is -2.14. The zero-order valence-corrected chi connectivity index (χ0v) is 20.2. The molecule has 0 unspecified atom stereocenters. The lowest BCUT2D eigenvalue weighted by atomic mass is 10.3. The average Bonchev–Trinajstić information content (AvgIpc) is 2.86. The van der Waals surface area contributed by atoms with Gasteiger partial charge in [0, 0.05) is 23.5 Å². The van der Waals surface area contributed by atoms with Crippen molar-refractivity contribution in [1.82, 2.24) is 10.3 Å². The standard InChI is InChI=1S/C24H20ClF3N6O4/c1-29-17-6-10-21(31-14-17)34-23(36)33-19-13-15(25)3-9-20(19)37-12-2-11-30-22(35)32-16-4-7-18(8-5-16)38-24(26,27)28/h3-10,13-14H,2,11-12H2,(H2,30,32,35)(H2,31,33,34,36). The number of nitrogens with zero attached hydrogens (tertiary/aromatic N) is 2. The minimum Gasteiger partial charge on any atom is -0.491 e. The second kappa shape index (κ2) is 13.0. The predicted molar refractivity (Wildman–Crippen MR) is 135 cm³/mol. The first-order valence-electron chi connectivity index (χ1n) is 10.9. The molecule has 0 spiro atoms. The molecule has 0 bridgehead atoms. The number of halogens is 4. The van der Waals surface area contributed by atoms with Gasteiger partial charge in [0.15, 0.2) is 0 Å². The van der Waals surface area contributed by atoms with E-state index < -0.39 is 24.2 Å². The number of rotatable bonds is 9. The number of hydrogen-bond donors (Lipinski definition) is 4. The summed E-state index contributed by atoms with van der Waals surface area (Å²) in [6.07, 6.45) is -3.07. The number of carbonyl (C=O) groups is 2. The molecule has 0 radical (unpaired) electrons. The Morgan fingerprint density at radius 1 is 1.00 bits per heavy atom. The Morgan fingerprint density at radius 2 is 1.76 bits per heavy atom. The Bertz CT molecular complexity index is 1300. The minimum absolute atomic E-state index is 0.182. The highest BCUT2D eigenvalue weighted by atomic mass is 35.5. The van der Waals surface area contributed by atoms with Gasteiger partial charge in [-0.05, 0) is 55.0 Å². The molecule has 3 rings (SSSR count). The SMILES string of the molecule is [C-]#[N+]c1ccc(NC(=O)Nc2cc(Cl)ccc2OCCCNC(=O)Nc2ccc(OC(F)(F)F)cc2)nc1. The molecule has 0 saturated carbocycles. The van der Waals surface area contributed by atoms with Crippen molar-refractivity contribution in [2.24, 2.45) is 0 Å². The second-order valence-corrected chi connectivity index (χ2v) is 7.82. The Labute approximate surface area is 219 Å². The van der Waals surface area contributed by atoms with E-state index >= 15 is 0 Å². The summed E-state index contributed by atoms with van der Waals surface area (Å²) in [6, 6.07) is 11.2. The van der Waals surface area contributed by atoms with Crippen LogP contribution in [0.25, 0.3) is 4.85 Å². The summed E-state index contributed by atoms with van der Waals surface area (Å²) < 4.78 is 46.1. The first-order valence-corrected chi connectivity index (χ1v) is 11.2. The van der Waals surface area contributed by atoms with Crippen LogP contribution in [0.1, 0.15) is 6.42 Å². The molecule has 1 heterocycles. The number of ether oxygens (including phenoxy) is 2. The van der Waals surface area contributed by atoms with Gasteiger partial charge in [-0.2, -0.15) is 0 Å². The number of amides is 4. The number of benzene rings is 2. The molecule has 4 amide bonds. The van der Waals surface area contributed by atoms with Crippen LogP contribution in [0.3, 0.4) is 0 Å². The van der Waals surface area contributed by atoms with Crippen LogP contribution in [0.5, 0.6) is 11.5 Å². The van der Waals surface area contributed by atoms with Crippen LogP contribution in [0, 0.1) is 6.57 Å². The van der Waals surface area contributed by atoms with E-state index in [1.165, 1.54) is 36.5 Å². The molecule has 198 valence electrons. The third-order valence-electron chi connectivity index (χ3n) is 4.52. The zero-order chi connectivity index (χ0) is 27.5. The zero-order valence-electron chi connectivity index (χ0n) is 19.4. The number of nitrogens with one attached hydrogen (secondary N) is 4. The third-order valence-corrected chi connectivity index (χ3v) is 4.75. The van der Waals surface area contributed by atoms with Crippen LogP contribution in [-0.4, -0.2) is 36.6 Å². The van der Waals surface area contributed by atoms with E-state index in [9.17, 15) is 22.8 Å². The molecule has 2 aromatic carbocycles. The van der Waals surface area contributed by atoms with E-state index in [4.69, 9.17) is 22.9 Å². The van der Waals surface area contributed by atoms with E-state index in [1.807, 2.05) is 0 Å². The Morgan fingerprint density at radius 3 is 2.42 bits per heavy atom. The maximum atomic E-state index is 12.3. The number of hydrogen-bond acceptors (Lipinski definition) is 5. The summed E-state index contributed by atoms with van der Waals surface area (Å²) in [4.78, 5) is 31.5. The molecule has 14 heteroatoms. The maximum absolute atomic E-state index is 12.3. The fourth-order valence-corrected chi connectivity index (χ4v) is 3.07. The Hall–Kier alpha value is -4.70. The van der Waals surface area contributed by atoms with E-state index in [2.05, 4.69) is 35.8 Å². The molecule has 4 N–H and O–H groups in total. The van der Waals surface area contributed by atoms with Gasteiger partial charge in [0.25, 0.3) is 0 Å².